The molecule has 0 aromatic carbocycles. The third-order valence-electron chi connectivity index (χ3n) is 3.36. The Hall–Kier alpha value is -2.36. The summed E-state index contributed by atoms with van der Waals surface area (Å²) in [5, 5.41) is 2.95. The minimum absolute atomic E-state index is 0.00938. The van der Waals surface area contributed by atoms with Gasteiger partial charge in [0, 0.05) is 12.2 Å². The van der Waals surface area contributed by atoms with Crippen molar-refractivity contribution in [2.45, 2.75) is 38.9 Å². The number of hydrogen-bond acceptors (Lipinski definition) is 9. The molecule has 3 N–H and O–H groups in total. The van der Waals surface area contributed by atoms with Gasteiger partial charge in [-0.1, -0.05) is 25.6 Å². The molecule has 0 bridgehead atoms. The summed E-state index contributed by atoms with van der Waals surface area (Å²) in [5.74, 6) is -1.39. The molecule has 144 valence electrons. The molecule has 0 aliphatic rings. The predicted octanol–water partition coefficient (Wildman–Crippen LogP) is 1.03. The van der Waals surface area contributed by atoms with Crippen LogP contribution in [-0.4, -0.2) is 52.8 Å². The largest absolute Gasteiger partial charge is 0.462 e. The van der Waals surface area contributed by atoms with Gasteiger partial charge in [0.25, 0.3) is 5.91 Å². The second-order valence-electron chi connectivity index (χ2n) is 5.72. The maximum Gasteiger partial charge on any atom is 0.343 e. The van der Waals surface area contributed by atoms with Crippen LogP contribution in [-0.2, 0) is 19.1 Å². The number of thioether (sulfide) groups is 1. The fourth-order valence-electron chi connectivity index (χ4n) is 1.59. The van der Waals surface area contributed by atoms with E-state index in [1.807, 2.05) is 20.8 Å². The number of anilines is 1. The number of nitrogens with two attached hydrogens (primary N) is 1. The normalized spacial score (nSPS) is 11.7. The third-order valence-corrected chi connectivity index (χ3v) is 4.20. The Balaban J connectivity index is 2.44. The van der Waals surface area contributed by atoms with Crippen LogP contribution in [0.5, 0.6) is 0 Å². The molecule has 1 aromatic heterocycles. The number of rotatable bonds is 9. The average molecular weight is 384 g/mol. The maximum atomic E-state index is 11.7. The van der Waals surface area contributed by atoms with Crippen LogP contribution < -0.4 is 11.1 Å². The first-order chi connectivity index (χ1) is 12.2. The van der Waals surface area contributed by atoms with E-state index in [9.17, 15) is 14.4 Å². The smallest absolute Gasteiger partial charge is 0.343 e. The minimum Gasteiger partial charge on any atom is -0.462 e. The Labute approximate surface area is 156 Å². The van der Waals surface area contributed by atoms with Gasteiger partial charge >= 0.3 is 11.9 Å². The van der Waals surface area contributed by atoms with Crippen molar-refractivity contribution in [1.29, 1.82) is 0 Å². The van der Waals surface area contributed by atoms with E-state index in [1.165, 1.54) is 6.20 Å². The second-order valence-corrected chi connectivity index (χ2v) is 6.66. The zero-order valence-electron chi connectivity index (χ0n) is 15.3. The number of nitrogen functional groups attached to an aromatic ring is 1. The van der Waals surface area contributed by atoms with Crippen LogP contribution in [0.4, 0.5) is 5.82 Å². The number of carbonyl (C=O) groups excluding carboxylic acids is 3. The number of nitrogens with one attached hydrogen (secondary N) is 1. The van der Waals surface area contributed by atoms with Crippen LogP contribution in [0, 0.1) is 5.92 Å². The van der Waals surface area contributed by atoms with E-state index in [0.29, 0.717) is 0 Å². The van der Waals surface area contributed by atoms with E-state index in [4.69, 9.17) is 15.2 Å². The number of nitrogens with zero attached hydrogens (tertiary/aromatic N) is 2. The molecule has 1 atom stereocenters. The monoisotopic (exact) mass is 384 g/mol. The Morgan fingerprint density at radius 2 is 1.96 bits per heavy atom. The van der Waals surface area contributed by atoms with Gasteiger partial charge in [0.15, 0.2) is 11.8 Å². The lowest BCUT2D eigenvalue weighted by molar-refractivity contribution is -0.146. The summed E-state index contributed by atoms with van der Waals surface area (Å²) >= 11 is 0.986. The molecule has 0 radical (unpaired) electrons. The lowest BCUT2D eigenvalue weighted by Gasteiger charge is -2.17. The Morgan fingerprint density at radius 3 is 2.54 bits per heavy atom. The lowest BCUT2D eigenvalue weighted by atomic mass is 10.1. The summed E-state index contributed by atoms with van der Waals surface area (Å²) in [5.41, 5.74) is 5.76. The first-order valence-corrected chi connectivity index (χ1v) is 9.10. The van der Waals surface area contributed by atoms with E-state index < -0.39 is 11.9 Å². The molecule has 0 aliphatic heterocycles. The predicted molar refractivity (Wildman–Crippen MR) is 96.5 cm³/mol. The molecule has 0 saturated carbocycles. The van der Waals surface area contributed by atoms with Gasteiger partial charge < -0.3 is 20.5 Å². The number of carbonyl (C=O) groups is 3. The summed E-state index contributed by atoms with van der Waals surface area (Å²) in [4.78, 5) is 42.9. The van der Waals surface area contributed by atoms with Crippen molar-refractivity contribution >= 4 is 35.4 Å². The van der Waals surface area contributed by atoms with Crippen molar-refractivity contribution < 1.29 is 23.9 Å². The fraction of sp³-hybridized carbons (Fsp3) is 0.562. The molecule has 10 heteroatoms. The summed E-state index contributed by atoms with van der Waals surface area (Å²) in [6.07, 6.45) is 1.24. The van der Waals surface area contributed by atoms with E-state index in [2.05, 4.69) is 15.3 Å². The Morgan fingerprint density at radius 1 is 1.27 bits per heavy atom. The molecule has 1 amide bonds. The maximum absolute atomic E-state index is 11.7. The molecule has 1 aromatic rings. The second kappa shape index (κ2) is 10.6. The van der Waals surface area contributed by atoms with Crippen molar-refractivity contribution in [2.75, 3.05) is 24.7 Å². The number of hydrogen-bond donors (Lipinski definition) is 2. The van der Waals surface area contributed by atoms with Crippen molar-refractivity contribution in [1.82, 2.24) is 15.3 Å². The van der Waals surface area contributed by atoms with E-state index >= 15 is 0 Å². The van der Waals surface area contributed by atoms with Gasteiger partial charge in [0.1, 0.15) is 11.4 Å². The quantitative estimate of drug-likeness (QED) is 0.364. The lowest BCUT2D eigenvalue weighted by Crippen LogP contribution is -2.38. The van der Waals surface area contributed by atoms with E-state index in [-0.39, 0.29) is 53.4 Å². The molecule has 1 unspecified atom stereocenters. The first kappa shape index (κ1) is 21.7. The summed E-state index contributed by atoms with van der Waals surface area (Å²) < 4.78 is 9.72. The van der Waals surface area contributed by atoms with Crippen LogP contribution in [0.25, 0.3) is 0 Å². The van der Waals surface area contributed by atoms with E-state index in [1.54, 1.807) is 6.92 Å². The number of esters is 2. The van der Waals surface area contributed by atoms with Crippen LogP contribution >= 0.6 is 11.8 Å². The van der Waals surface area contributed by atoms with Crippen molar-refractivity contribution in [2.24, 2.45) is 5.92 Å². The fourth-order valence-corrected chi connectivity index (χ4v) is 2.21. The van der Waals surface area contributed by atoms with Gasteiger partial charge in [-0.15, -0.1) is 0 Å². The van der Waals surface area contributed by atoms with Gasteiger partial charge in [-0.25, -0.2) is 14.8 Å². The highest BCUT2D eigenvalue weighted by atomic mass is 32.2. The van der Waals surface area contributed by atoms with Crippen molar-refractivity contribution in [3.05, 3.63) is 11.8 Å². The average Bonchev–Trinajstić information content (AvgIpc) is 2.58. The van der Waals surface area contributed by atoms with Gasteiger partial charge in [0.2, 0.25) is 0 Å². The topological polar surface area (TPSA) is 134 Å². The molecule has 0 aliphatic carbocycles. The van der Waals surface area contributed by atoms with Crippen LogP contribution in [0.15, 0.2) is 11.4 Å². The van der Waals surface area contributed by atoms with Crippen molar-refractivity contribution in [3.63, 3.8) is 0 Å². The van der Waals surface area contributed by atoms with Crippen molar-refractivity contribution in [3.8, 4) is 0 Å². The Kier molecular flexibility index (Phi) is 8.83. The summed E-state index contributed by atoms with van der Waals surface area (Å²) in [7, 11) is 0. The van der Waals surface area contributed by atoms with E-state index in [0.717, 1.165) is 11.8 Å². The highest BCUT2D eigenvalue weighted by molar-refractivity contribution is 7.99. The van der Waals surface area contributed by atoms with Gasteiger partial charge in [-0.05, 0) is 19.8 Å². The minimum atomic E-state index is -0.609. The third kappa shape index (κ3) is 7.26. The molecule has 0 spiro atoms. The highest BCUT2D eigenvalue weighted by Crippen LogP contribution is 2.17. The first-order valence-electron chi connectivity index (χ1n) is 8.12. The molecule has 9 nitrogen and oxygen atoms in total. The van der Waals surface area contributed by atoms with Gasteiger partial charge in [0.05, 0.1) is 12.4 Å². The number of ether oxygens (including phenoxy) is 2. The molecule has 26 heavy (non-hydrogen) atoms. The van der Waals surface area contributed by atoms with Gasteiger partial charge in [-0.2, -0.15) is 0 Å². The highest BCUT2D eigenvalue weighted by Gasteiger charge is 2.16. The van der Waals surface area contributed by atoms with Crippen LogP contribution in [0.2, 0.25) is 0 Å². The van der Waals surface area contributed by atoms with Gasteiger partial charge in [-0.3, -0.25) is 9.59 Å². The SMILES string of the molecule is CCOC(=O)c1cnc(SCC(=O)OCC(=O)NC(C)C(C)C)nc1N. The molecule has 1 rings (SSSR count). The molecule has 1 heterocycles. The zero-order valence-corrected chi connectivity index (χ0v) is 16.1. The molecule has 0 saturated heterocycles. The molecule has 0 fully saturated rings. The molecular weight excluding hydrogens is 360 g/mol. The zero-order chi connectivity index (χ0) is 19.7. The summed E-state index contributed by atoms with van der Waals surface area (Å²) in [6.45, 7) is 7.38. The molecular formula is C16H24N4O5S. The number of aromatic nitrogens is 2. The summed E-state index contributed by atoms with van der Waals surface area (Å²) in [6, 6.07) is -0.00938. The van der Waals surface area contributed by atoms with Crippen LogP contribution in [0.1, 0.15) is 38.1 Å². The number of amides is 1. The standard InChI is InChI=1S/C16H24N4O5S/c1-5-24-15(23)11-6-18-16(20-14(11)17)26-8-13(22)25-7-12(21)19-10(4)9(2)3/h6,9-10H,5,7-8H2,1-4H3,(H,19,21)(H2,17,18,20). The van der Waals surface area contributed by atoms with Crippen LogP contribution in [0.3, 0.4) is 0 Å². The Bertz CT molecular complexity index is 654.